The first-order chi connectivity index (χ1) is 9.24. The van der Waals surface area contributed by atoms with Crippen molar-refractivity contribution in [1.82, 2.24) is 5.32 Å². The van der Waals surface area contributed by atoms with E-state index in [1.807, 2.05) is 12.1 Å². The SMILES string of the molecule is COc1ccc(Br)cc1C(CN)NC1CCCCC1. The van der Waals surface area contributed by atoms with Gasteiger partial charge in [0.15, 0.2) is 0 Å². The average molecular weight is 327 g/mol. The molecule has 1 aromatic carbocycles. The van der Waals surface area contributed by atoms with E-state index in [2.05, 4.69) is 27.3 Å². The Labute approximate surface area is 124 Å². The van der Waals surface area contributed by atoms with E-state index in [1.165, 1.54) is 32.1 Å². The van der Waals surface area contributed by atoms with Gasteiger partial charge in [0.1, 0.15) is 5.75 Å². The van der Waals surface area contributed by atoms with Crippen molar-refractivity contribution in [2.75, 3.05) is 13.7 Å². The topological polar surface area (TPSA) is 47.3 Å². The number of halogens is 1. The van der Waals surface area contributed by atoms with Crippen molar-refractivity contribution in [3.63, 3.8) is 0 Å². The highest BCUT2D eigenvalue weighted by Gasteiger charge is 2.20. The molecule has 0 aromatic heterocycles. The third kappa shape index (κ3) is 3.94. The Hall–Kier alpha value is -0.580. The van der Waals surface area contributed by atoms with Crippen LogP contribution in [0.1, 0.15) is 43.7 Å². The summed E-state index contributed by atoms with van der Waals surface area (Å²) in [6.07, 6.45) is 6.53. The van der Waals surface area contributed by atoms with Crippen LogP contribution in [0.25, 0.3) is 0 Å². The summed E-state index contributed by atoms with van der Waals surface area (Å²) in [5, 5.41) is 3.70. The molecule has 0 bridgehead atoms. The minimum Gasteiger partial charge on any atom is -0.496 e. The molecule has 0 spiro atoms. The van der Waals surface area contributed by atoms with E-state index in [1.54, 1.807) is 7.11 Å². The third-order valence-corrected chi connectivity index (χ3v) is 4.34. The Morgan fingerprint density at radius 1 is 1.37 bits per heavy atom. The van der Waals surface area contributed by atoms with Gasteiger partial charge in [-0.05, 0) is 31.0 Å². The lowest BCUT2D eigenvalue weighted by Crippen LogP contribution is -2.38. The van der Waals surface area contributed by atoms with Crippen LogP contribution in [0, 0.1) is 0 Å². The summed E-state index contributed by atoms with van der Waals surface area (Å²) in [6, 6.07) is 6.84. The van der Waals surface area contributed by atoms with Gasteiger partial charge in [0.25, 0.3) is 0 Å². The first-order valence-electron chi connectivity index (χ1n) is 7.04. The first kappa shape index (κ1) is 14.8. The predicted octanol–water partition coefficient (Wildman–Crippen LogP) is 3.38. The quantitative estimate of drug-likeness (QED) is 0.872. The largest absolute Gasteiger partial charge is 0.496 e. The summed E-state index contributed by atoms with van der Waals surface area (Å²) < 4.78 is 6.52. The molecule has 106 valence electrons. The lowest BCUT2D eigenvalue weighted by atomic mass is 9.94. The highest BCUT2D eigenvalue weighted by atomic mass is 79.9. The van der Waals surface area contributed by atoms with Crippen LogP contribution in [-0.4, -0.2) is 19.7 Å². The maximum Gasteiger partial charge on any atom is 0.123 e. The molecule has 0 saturated heterocycles. The Balaban J connectivity index is 2.13. The van der Waals surface area contributed by atoms with Crippen molar-refractivity contribution in [2.45, 2.75) is 44.2 Å². The molecule has 1 atom stereocenters. The molecule has 4 heteroatoms. The van der Waals surface area contributed by atoms with Gasteiger partial charge >= 0.3 is 0 Å². The zero-order valence-electron chi connectivity index (χ0n) is 11.5. The fourth-order valence-electron chi connectivity index (χ4n) is 2.82. The second kappa shape index (κ2) is 7.27. The smallest absolute Gasteiger partial charge is 0.123 e. The van der Waals surface area contributed by atoms with Crippen LogP contribution in [0.3, 0.4) is 0 Å². The second-order valence-corrected chi connectivity index (χ2v) is 6.09. The molecule has 0 aliphatic heterocycles. The zero-order valence-corrected chi connectivity index (χ0v) is 13.1. The molecule has 3 N–H and O–H groups in total. The first-order valence-corrected chi connectivity index (χ1v) is 7.83. The van der Waals surface area contributed by atoms with Crippen LogP contribution in [0.4, 0.5) is 0 Å². The Kier molecular flexibility index (Phi) is 5.67. The van der Waals surface area contributed by atoms with Gasteiger partial charge in [-0.2, -0.15) is 0 Å². The second-order valence-electron chi connectivity index (χ2n) is 5.18. The summed E-state index contributed by atoms with van der Waals surface area (Å²) in [5.41, 5.74) is 7.11. The standard InChI is InChI=1S/C15H23BrN2O/c1-19-15-8-7-11(16)9-13(15)14(10-17)18-12-5-3-2-4-6-12/h7-9,12,14,18H,2-6,10,17H2,1H3. The van der Waals surface area contributed by atoms with Crippen LogP contribution < -0.4 is 15.8 Å². The summed E-state index contributed by atoms with van der Waals surface area (Å²) in [7, 11) is 1.71. The van der Waals surface area contributed by atoms with Gasteiger partial charge in [0, 0.05) is 28.7 Å². The molecule has 19 heavy (non-hydrogen) atoms. The normalized spacial score (nSPS) is 18.3. The van der Waals surface area contributed by atoms with E-state index in [-0.39, 0.29) is 6.04 Å². The third-order valence-electron chi connectivity index (χ3n) is 3.84. The molecule has 1 aliphatic carbocycles. The van der Waals surface area contributed by atoms with Crippen molar-refractivity contribution >= 4 is 15.9 Å². The van der Waals surface area contributed by atoms with E-state index in [4.69, 9.17) is 10.5 Å². The van der Waals surface area contributed by atoms with Gasteiger partial charge in [0.05, 0.1) is 7.11 Å². The fourth-order valence-corrected chi connectivity index (χ4v) is 3.19. The van der Waals surface area contributed by atoms with Gasteiger partial charge in [0.2, 0.25) is 0 Å². The fraction of sp³-hybridized carbons (Fsp3) is 0.600. The maximum atomic E-state index is 5.96. The highest BCUT2D eigenvalue weighted by molar-refractivity contribution is 9.10. The number of hydrogen-bond acceptors (Lipinski definition) is 3. The minimum absolute atomic E-state index is 0.163. The van der Waals surface area contributed by atoms with Crippen molar-refractivity contribution in [3.8, 4) is 5.75 Å². The Morgan fingerprint density at radius 2 is 2.11 bits per heavy atom. The van der Waals surface area contributed by atoms with Crippen molar-refractivity contribution < 1.29 is 4.74 Å². The van der Waals surface area contributed by atoms with Gasteiger partial charge in [-0.1, -0.05) is 35.2 Å². The number of benzene rings is 1. The average Bonchev–Trinajstić information content (AvgIpc) is 2.46. The predicted molar refractivity (Wildman–Crippen MR) is 82.5 cm³/mol. The van der Waals surface area contributed by atoms with Crippen LogP contribution >= 0.6 is 15.9 Å². The molecule has 1 aliphatic rings. The molecule has 0 amide bonds. The van der Waals surface area contributed by atoms with Crippen molar-refractivity contribution in [1.29, 1.82) is 0 Å². The molecule has 3 nitrogen and oxygen atoms in total. The number of methoxy groups -OCH3 is 1. The number of ether oxygens (including phenoxy) is 1. The van der Waals surface area contributed by atoms with Crippen LogP contribution in [0.2, 0.25) is 0 Å². The van der Waals surface area contributed by atoms with Crippen LogP contribution in [0.5, 0.6) is 5.75 Å². The zero-order chi connectivity index (χ0) is 13.7. The van der Waals surface area contributed by atoms with Crippen molar-refractivity contribution in [2.24, 2.45) is 5.73 Å². The number of hydrogen-bond donors (Lipinski definition) is 2. The van der Waals surface area contributed by atoms with Gasteiger partial charge in [-0.3, -0.25) is 0 Å². The minimum atomic E-state index is 0.163. The van der Waals surface area contributed by atoms with Crippen LogP contribution in [0.15, 0.2) is 22.7 Å². The molecule has 1 fully saturated rings. The molecule has 1 unspecified atom stereocenters. The van der Waals surface area contributed by atoms with E-state index < -0.39 is 0 Å². The molecule has 0 heterocycles. The molecular weight excluding hydrogens is 304 g/mol. The Bertz CT molecular complexity index is 405. The molecule has 1 aromatic rings. The Morgan fingerprint density at radius 3 is 2.74 bits per heavy atom. The number of rotatable bonds is 5. The molecule has 2 rings (SSSR count). The van der Waals surface area contributed by atoms with Gasteiger partial charge in [-0.15, -0.1) is 0 Å². The maximum absolute atomic E-state index is 5.96. The van der Waals surface area contributed by atoms with E-state index in [9.17, 15) is 0 Å². The molecular formula is C15H23BrN2O. The van der Waals surface area contributed by atoms with Gasteiger partial charge < -0.3 is 15.8 Å². The summed E-state index contributed by atoms with van der Waals surface area (Å²) in [5.74, 6) is 0.905. The number of nitrogens with one attached hydrogen (secondary N) is 1. The monoisotopic (exact) mass is 326 g/mol. The summed E-state index contributed by atoms with van der Waals surface area (Å²) >= 11 is 3.52. The lowest BCUT2D eigenvalue weighted by molar-refractivity contribution is 0.333. The lowest BCUT2D eigenvalue weighted by Gasteiger charge is -2.29. The summed E-state index contributed by atoms with van der Waals surface area (Å²) in [4.78, 5) is 0. The van der Waals surface area contributed by atoms with E-state index in [0.29, 0.717) is 12.6 Å². The number of nitrogens with two attached hydrogens (primary N) is 1. The van der Waals surface area contributed by atoms with Crippen molar-refractivity contribution in [3.05, 3.63) is 28.2 Å². The van der Waals surface area contributed by atoms with Gasteiger partial charge in [-0.25, -0.2) is 0 Å². The molecule has 0 radical (unpaired) electrons. The highest BCUT2D eigenvalue weighted by Crippen LogP contribution is 2.29. The van der Waals surface area contributed by atoms with Crippen LogP contribution in [-0.2, 0) is 0 Å². The van der Waals surface area contributed by atoms with E-state index >= 15 is 0 Å². The summed E-state index contributed by atoms with van der Waals surface area (Å²) in [6.45, 7) is 0.587. The van der Waals surface area contributed by atoms with E-state index in [0.717, 1.165) is 15.8 Å². The molecule has 1 saturated carbocycles.